The Morgan fingerprint density at radius 1 is 1.50 bits per heavy atom. The molecule has 0 aliphatic rings. The fourth-order valence-electron chi connectivity index (χ4n) is 1.21. The second-order valence-corrected chi connectivity index (χ2v) is 4.34. The summed E-state index contributed by atoms with van der Waals surface area (Å²) in [6.45, 7) is 3.16. The number of hydrogen-bond acceptors (Lipinski definition) is 5. The smallest absolute Gasteiger partial charge is 0.165 e. The van der Waals surface area contributed by atoms with Crippen molar-refractivity contribution in [2.24, 2.45) is 5.73 Å². The van der Waals surface area contributed by atoms with Crippen LogP contribution in [0.5, 0.6) is 0 Å². The molecule has 5 nitrogen and oxygen atoms in total. The number of nitrogens with two attached hydrogens (primary N) is 1. The lowest BCUT2D eigenvalue weighted by Crippen LogP contribution is -2.10. The van der Waals surface area contributed by atoms with Gasteiger partial charge in [-0.1, -0.05) is 0 Å². The molecule has 0 radical (unpaired) electrons. The Morgan fingerprint density at radius 3 is 3.00 bits per heavy atom. The van der Waals surface area contributed by atoms with Gasteiger partial charge in [-0.25, -0.2) is 4.68 Å². The number of nitrogens with zero attached hydrogens (tertiary/aromatic N) is 4. The molecular weight excluding hydrogens is 198 g/mol. The summed E-state index contributed by atoms with van der Waals surface area (Å²) in [6.07, 6.45) is 0. The first-order valence-electron chi connectivity index (χ1n) is 4.30. The molecule has 2 aromatic rings. The van der Waals surface area contributed by atoms with Gasteiger partial charge in [0.05, 0.1) is 13.1 Å². The summed E-state index contributed by atoms with van der Waals surface area (Å²) in [5.41, 5.74) is 5.49. The average molecular weight is 209 g/mol. The van der Waals surface area contributed by atoms with Gasteiger partial charge in [0.1, 0.15) is 0 Å². The van der Waals surface area contributed by atoms with Gasteiger partial charge in [0, 0.05) is 9.75 Å². The van der Waals surface area contributed by atoms with Crippen LogP contribution in [0.25, 0.3) is 0 Å². The van der Waals surface area contributed by atoms with Gasteiger partial charge >= 0.3 is 0 Å². The van der Waals surface area contributed by atoms with Crippen LogP contribution in [0.1, 0.15) is 15.6 Å². The SMILES string of the molecule is Cc1ccc(Cn2nnnc2CN)s1. The molecule has 0 unspecified atom stereocenters. The van der Waals surface area contributed by atoms with Crippen molar-refractivity contribution in [2.75, 3.05) is 0 Å². The minimum Gasteiger partial charge on any atom is -0.324 e. The van der Waals surface area contributed by atoms with E-state index in [1.807, 2.05) is 0 Å². The van der Waals surface area contributed by atoms with Crippen LogP contribution in [0.3, 0.4) is 0 Å². The summed E-state index contributed by atoms with van der Waals surface area (Å²) < 4.78 is 1.73. The highest BCUT2D eigenvalue weighted by molar-refractivity contribution is 7.11. The fourth-order valence-corrected chi connectivity index (χ4v) is 2.08. The molecule has 2 rings (SSSR count). The Kier molecular flexibility index (Phi) is 2.55. The van der Waals surface area contributed by atoms with Gasteiger partial charge in [0.25, 0.3) is 0 Å². The normalized spacial score (nSPS) is 10.7. The Bertz CT molecular complexity index is 419. The predicted octanol–water partition coefficient (Wildman–Crippen LogP) is 0.550. The first kappa shape index (κ1) is 9.29. The van der Waals surface area contributed by atoms with E-state index < -0.39 is 0 Å². The highest BCUT2D eigenvalue weighted by Gasteiger charge is 2.05. The Morgan fingerprint density at radius 2 is 2.36 bits per heavy atom. The summed E-state index contributed by atoms with van der Waals surface area (Å²) in [5, 5.41) is 11.3. The molecule has 0 aromatic carbocycles. The van der Waals surface area contributed by atoms with E-state index in [9.17, 15) is 0 Å². The molecule has 0 aliphatic heterocycles. The molecule has 0 bridgehead atoms. The minimum atomic E-state index is 0.372. The number of rotatable bonds is 3. The molecule has 14 heavy (non-hydrogen) atoms. The van der Waals surface area contributed by atoms with Gasteiger partial charge < -0.3 is 5.73 Å². The molecule has 2 N–H and O–H groups in total. The van der Waals surface area contributed by atoms with Crippen LogP contribution in [-0.2, 0) is 13.1 Å². The highest BCUT2D eigenvalue weighted by Crippen LogP contribution is 2.15. The van der Waals surface area contributed by atoms with Gasteiger partial charge in [-0.05, 0) is 29.5 Å². The van der Waals surface area contributed by atoms with Crippen LogP contribution in [0.2, 0.25) is 0 Å². The molecule has 0 aliphatic carbocycles. The summed E-state index contributed by atoms with van der Waals surface area (Å²) in [7, 11) is 0. The standard InChI is InChI=1S/C8H11N5S/c1-6-2-3-7(14-6)5-13-8(4-9)10-11-12-13/h2-3H,4-5,9H2,1H3. The average Bonchev–Trinajstić information content (AvgIpc) is 2.76. The van der Waals surface area contributed by atoms with Crippen molar-refractivity contribution < 1.29 is 0 Å². The summed E-state index contributed by atoms with van der Waals surface area (Å²) >= 11 is 1.75. The van der Waals surface area contributed by atoms with E-state index >= 15 is 0 Å². The van der Waals surface area contributed by atoms with Crippen LogP contribution in [0.15, 0.2) is 12.1 Å². The van der Waals surface area contributed by atoms with Gasteiger partial charge in [-0.2, -0.15) is 0 Å². The maximum Gasteiger partial charge on any atom is 0.165 e. The second kappa shape index (κ2) is 3.85. The third-order valence-electron chi connectivity index (χ3n) is 1.89. The minimum absolute atomic E-state index is 0.372. The molecule has 6 heteroatoms. The van der Waals surface area contributed by atoms with Crippen molar-refractivity contribution in [3.63, 3.8) is 0 Å². The monoisotopic (exact) mass is 209 g/mol. The number of tetrazole rings is 1. The van der Waals surface area contributed by atoms with Gasteiger partial charge in [0.15, 0.2) is 5.82 Å². The fraction of sp³-hybridized carbons (Fsp3) is 0.375. The van der Waals surface area contributed by atoms with Crippen LogP contribution >= 0.6 is 11.3 Å². The largest absolute Gasteiger partial charge is 0.324 e. The zero-order chi connectivity index (χ0) is 9.97. The molecule has 0 spiro atoms. The number of hydrogen-bond donors (Lipinski definition) is 1. The zero-order valence-electron chi connectivity index (χ0n) is 7.84. The van der Waals surface area contributed by atoms with Gasteiger partial charge in [-0.3, -0.25) is 0 Å². The predicted molar refractivity (Wildman–Crippen MR) is 53.9 cm³/mol. The maximum absolute atomic E-state index is 5.49. The lowest BCUT2D eigenvalue weighted by molar-refractivity contribution is 0.624. The maximum atomic E-state index is 5.49. The van der Waals surface area contributed by atoms with Crippen LogP contribution in [0, 0.1) is 6.92 Å². The van der Waals surface area contributed by atoms with E-state index in [0.717, 1.165) is 5.82 Å². The van der Waals surface area contributed by atoms with E-state index in [1.54, 1.807) is 16.0 Å². The van der Waals surface area contributed by atoms with Gasteiger partial charge in [-0.15, -0.1) is 16.4 Å². The van der Waals surface area contributed by atoms with Crippen LogP contribution < -0.4 is 5.73 Å². The number of aryl methyl sites for hydroxylation is 1. The summed E-state index contributed by atoms with van der Waals surface area (Å²) in [4.78, 5) is 2.53. The highest BCUT2D eigenvalue weighted by atomic mass is 32.1. The van der Waals surface area contributed by atoms with Crippen LogP contribution in [0.4, 0.5) is 0 Å². The number of aromatic nitrogens is 4. The number of thiophene rings is 1. The summed E-state index contributed by atoms with van der Waals surface area (Å²) in [6, 6.07) is 4.18. The van der Waals surface area contributed by atoms with Crippen molar-refractivity contribution >= 4 is 11.3 Å². The molecule has 2 aromatic heterocycles. The summed E-state index contributed by atoms with van der Waals surface area (Å²) in [5.74, 6) is 0.719. The third-order valence-corrected chi connectivity index (χ3v) is 2.88. The van der Waals surface area contributed by atoms with E-state index in [2.05, 4.69) is 34.6 Å². The first-order valence-corrected chi connectivity index (χ1v) is 5.11. The van der Waals surface area contributed by atoms with E-state index in [1.165, 1.54) is 9.75 Å². The van der Waals surface area contributed by atoms with Crippen molar-refractivity contribution in [1.29, 1.82) is 0 Å². The molecule has 2 heterocycles. The topological polar surface area (TPSA) is 69.6 Å². The molecule has 0 saturated carbocycles. The van der Waals surface area contributed by atoms with Crippen molar-refractivity contribution in [1.82, 2.24) is 20.2 Å². The van der Waals surface area contributed by atoms with Crippen molar-refractivity contribution in [2.45, 2.75) is 20.0 Å². The van der Waals surface area contributed by atoms with E-state index in [-0.39, 0.29) is 0 Å². The lowest BCUT2D eigenvalue weighted by Gasteiger charge is -1.99. The molecule has 0 atom stereocenters. The van der Waals surface area contributed by atoms with Crippen LogP contribution in [-0.4, -0.2) is 20.2 Å². The first-order chi connectivity index (χ1) is 6.79. The van der Waals surface area contributed by atoms with Gasteiger partial charge in [0.2, 0.25) is 0 Å². The van der Waals surface area contributed by atoms with Crippen molar-refractivity contribution in [3.05, 3.63) is 27.7 Å². The van der Waals surface area contributed by atoms with E-state index in [4.69, 9.17) is 5.73 Å². The Hall–Kier alpha value is -1.27. The zero-order valence-corrected chi connectivity index (χ0v) is 8.66. The van der Waals surface area contributed by atoms with E-state index in [0.29, 0.717) is 13.1 Å². The second-order valence-electron chi connectivity index (χ2n) is 2.97. The van der Waals surface area contributed by atoms with Crippen molar-refractivity contribution in [3.8, 4) is 0 Å². The molecule has 0 amide bonds. The third kappa shape index (κ3) is 1.80. The Balaban J connectivity index is 2.18. The lowest BCUT2D eigenvalue weighted by atomic mass is 10.4. The molecule has 0 fully saturated rings. The molecular formula is C8H11N5S. The molecule has 0 saturated heterocycles. The quantitative estimate of drug-likeness (QED) is 0.801. The Labute approximate surface area is 85.5 Å². The molecule has 74 valence electrons.